The van der Waals surface area contributed by atoms with Gasteiger partial charge in [0.15, 0.2) is 0 Å². The second-order valence-corrected chi connectivity index (χ2v) is 5.42. The summed E-state index contributed by atoms with van der Waals surface area (Å²) in [7, 11) is -3.81. The summed E-state index contributed by atoms with van der Waals surface area (Å²) in [6.45, 7) is -0.0192. The first-order valence-corrected chi connectivity index (χ1v) is 6.73. The molecule has 0 amide bonds. The third-order valence-electron chi connectivity index (χ3n) is 2.39. The summed E-state index contributed by atoms with van der Waals surface area (Å²) in [6.07, 6.45) is 1.43. The highest BCUT2D eigenvalue weighted by atomic mass is 32.2. The molecule has 0 saturated carbocycles. The van der Waals surface area contributed by atoms with Crippen LogP contribution in [0, 0.1) is 17.1 Å². The van der Waals surface area contributed by atoms with Crippen molar-refractivity contribution in [1.82, 2.24) is 4.72 Å². The van der Waals surface area contributed by atoms with Crippen molar-refractivity contribution in [3.63, 3.8) is 0 Å². The van der Waals surface area contributed by atoms with Gasteiger partial charge in [-0.3, -0.25) is 0 Å². The van der Waals surface area contributed by atoms with E-state index in [0.29, 0.717) is 5.76 Å². The molecule has 0 radical (unpaired) electrons. The summed E-state index contributed by atoms with van der Waals surface area (Å²) in [5, 5.41) is 8.67. The Morgan fingerprint density at radius 2 is 2.16 bits per heavy atom. The number of sulfonamides is 1. The molecule has 0 bridgehead atoms. The first-order chi connectivity index (χ1) is 9.03. The van der Waals surface area contributed by atoms with Crippen LogP contribution < -0.4 is 4.72 Å². The lowest BCUT2D eigenvalue weighted by Gasteiger charge is -2.05. The Balaban J connectivity index is 2.22. The van der Waals surface area contributed by atoms with Crippen LogP contribution in [0.4, 0.5) is 4.39 Å². The van der Waals surface area contributed by atoms with Gasteiger partial charge >= 0.3 is 0 Å². The highest BCUT2D eigenvalue weighted by molar-refractivity contribution is 7.89. The Kier molecular flexibility index (Phi) is 3.64. The van der Waals surface area contributed by atoms with E-state index in [9.17, 15) is 12.8 Å². The maximum absolute atomic E-state index is 13.1. The highest BCUT2D eigenvalue weighted by Crippen LogP contribution is 2.14. The van der Waals surface area contributed by atoms with Gasteiger partial charge in [0, 0.05) is 0 Å². The molecule has 1 heterocycles. The molecule has 5 nitrogen and oxygen atoms in total. The van der Waals surface area contributed by atoms with Crippen LogP contribution in [0.25, 0.3) is 0 Å². The average molecular weight is 280 g/mol. The van der Waals surface area contributed by atoms with E-state index < -0.39 is 15.8 Å². The normalized spacial score (nSPS) is 11.2. The zero-order valence-electron chi connectivity index (χ0n) is 9.63. The molecule has 0 spiro atoms. The van der Waals surface area contributed by atoms with Crippen molar-refractivity contribution in [2.24, 2.45) is 0 Å². The van der Waals surface area contributed by atoms with Crippen molar-refractivity contribution in [3.8, 4) is 6.07 Å². The number of nitrogens with zero attached hydrogens (tertiary/aromatic N) is 1. The van der Waals surface area contributed by atoms with Crippen LogP contribution in [-0.4, -0.2) is 8.42 Å². The van der Waals surface area contributed by atoms with Crippen molar-refractivity contribution in [2.45, 2.75) is 11.4 Å². The Morgan fingerprint density at radius 3 is 2.79 bits per heavy atom. The topological polar surface area (TPSA) is 83.1 Å². The molecule has 0 atom stereocenters. The van der Waals surface area contributed by atoms with E-state index >= 15 is 0 Å². The van der Waals surface area contributed by atoms with Crippen LogP contribution in [-0.2, 0) is 16.6 Å². The van der Waals surface area contributed by atoms with Gasteiger partial charge in [0.25, 0.3) is 0 Å². The molecule has 2 rings (SSSR count). The molecule has 0 unspecified atom stereocenters. The van der Waals surface area contributed by atoms with Crippen molar-refractivity contribution in [2.75, 3.05) is 0 Å². The summed E-state index contributed by atoms with van der Waals surface area (Å²) in [5.74, 6) is -0.307. The van der Waals surface area contributed by atoms with Gasteiger partial charge in [-0.1, -0.05) is 0 Å². The van der Waals surface area contributed by atoms with Gasteiger partial charge in [-0.25, -0.2) is 17.5 Å². The van der Waals surface area contributed by atoms with Gasteiger partial charge in [-0.15, -0.1) is 0 Å². The summed E-state index contributed by atoms with van der Waals surface area (Å²) < 4.78 is 44.2. The second kappa shape index (κ2) is 5.22. The third-order valence-corrected chi connectivity index (χ3v) is 3.78. The third kappa shape index (κ3) is 2.99. The molecule has 0 fully saturated rings. The SMILES string of the molecule is N#Cc1cc(S(=O)(=O)NCc2ccco2)ccc1F. The second-order valence-electron chi connectivity index (χ2n) is 3.66. The van der Waals surface area contributed by atoms with Crippen LogP contribution in [0.3, 0.4) is 0 Å². The van der Waals surface area contributed by atoms with E-state index in [2.05, 4.69) is 4.72 Å². The van der Waals surface area contributed by atoms with Crippen molar-refractivity contribution >= 4 is 10.0 Å². The lowest BCUT2D eigenvalue weighted by atomic mass is 10.2. The molecule has 19 heavy (non-hydrogen) atoms. The Morgan fingerprint density at radius 1 is 1.37 bits per heavy atom. The molecular weight excluding hydrogens is 271 g/mol. The Bertz CT molecular complexity index is 718. The van der Waals surface area contributed by atoms with Gasteiger partial charge in [0.05, 0.1) is 23.3 Å². The molecule has 98 valence electrons. The monoisotopic (exact) mass is 280 g/mol. The van der Waals surface area contributed by atoms with Gasteiger partial charge in [-0.2, -0.15) is 5.26 Å². The van der Waals surface area contributed by atoms with E-state index in [1.807, 2.05) is 0 Å². The van der Waals surface area contributed by atoms with Gasteiger partial charge in [-0.05, 0) is 30.3 Å². The summed E-state index contributed by atoms with van der Waals surface area (Å²) in [6, 6.07) is 7.87. The molecular formula is C12H9FN2O3S. The van der Waals surface area contributed by atoms with Crippen LogP contribution >= 0.6 is 0 Å². The fourth-order valence-electron chi connectivity index (χ4n) is 1.42. The van der Waals surface area contributed by atoms with Crippen molar-refractivity contribution in [3.05, 3.63) is 53.7 Å². The Labute approximate surface area is 109 Å². The largest absolute Gasteiger partial charge is 0.468 e. The van der Waals surface area contributed by atoms with E-state index in [1.165, 1.54) is 6.26 Å². The minimum absolute atomic E-state index is 0.0192. The zero-order chi connectivity index (χ0) is 13.9. The summed E-state index contributed by atoms with van der Waals surface area (Å²) in [5.41, 5.74) is -0.319. The van der Waals surface area contributed by atoms with E-state index in [4.69, 9.17) is 9.68 Å². The molecule has 1 N–H and O–H groups in total. The number of nitriles is 1. The average Bonchev–Trinajstić information content (AvgIpc) is 2.90. The molecule has 2 aromatic rings. The number of hydrogen-bond acceptors (Lipinski definition) is 4. The van der Waals surface area contributed by atoms with Crippen LogP contribution in [0.1, 0.15) is 11.3 Å². The molecule has 1 aromatic carbocycles. The maximum Gasteiger partial charge on any atom is 0.241 e. The fourth-order valence-corrected chi connectivity index (χ4v) is 2.44. The zero-order valence-corrected chi connectivity index (χ0v) is 10.4. The van der Waals surface area contributed by atoms with Crippen molar-refractivity contribution in [1.29, 1.82) is 5.26 Å². The van der Waals surface area contributed by atoms with Crippen LogP contribution in [0.15, 0.2) is 45.9 Å². The molecule has 1 aromatic heterocycles. The minimum Gasteiger partial charge on any atom is -0.468 e. The number of halogens is 1. The predicted molar refractivity (Wildman–Crippen MR) is 63.8 cm³/mol. The lowest BCUT2D eigenvalue weighted by Crippen LogP contribution is -2.23. The summed E-state index contributed by atoms with van der Waals surface area (Å²) in [4.78, 5) is -0.169. The first kappa shape index (κ1) is 13.3. The van der Waals surface area contributed by atoms with Crippen LogP contribution in [0.5, 0.6) is 0 Å². The smallest absolute Gasteiger partial charge is 0.241 e. The quantitative estimate of drug-likeness (QED) is 0.925. The van der Waals surface area contributed by atoms with Crippen molar-refractivity contribution < 1.29 is 17.2 Å². The van der Waals surface area contributed by atoms with E-state index in [-0.39, 0.29) is 17.0 Å². The van der Waals surface area contributed by atoms with Gasteiger partial charge in [0.2, 0.25) is 10.0 Å². The lowest BCUT2D eigenvalue weighted by molar-refractivity contribution is 0.498. The number of benzene rings is 1. The number of nitrogens with one attached hydrogen (secondary N) is 1. The maximum atomic E-state index is 13.1. The molecule has 0 aliphatic heterocycles. The summed E-state index contributed by atoms with van der Waals surface area (Å²) >= 11 is 0. The number of furan rings is 1. The van der Waals surface area contributed by atoms with E-state index in [1.54, 1.807) is 18.2 Å². The molecule has 0 aliphatic rings. The van der Waals surface area contributed by atoms with Crippen LogP contribution in [0.2, 0.25) is 0 Å². The number of rotatable bonds is 4. The molecule has 7 heteroatoms. The minimum atomic E-state index is -3.81. The highest BCUT2D eigenvalue weighted by Gasteiger charge is 2.16. The molecule has 0 aliphatic carbocycles. The van der Waals surface area contributed by atoms with Gasteiger partial charge < -0.3 is 4.42 Å². The molecule has 0 saturated heterocycles. The standard InChI is InChI=1S/C12H9FN2O3S/c13-12-4-3-11(6-9(12)7-14)19(16,17)15-8-10-2-1-5-18-10/h1-6,15H,8H2. The fraction of sp³-hybridized carbons (Fsp3) is 0.0833. The predicted octanol–water partition coefficient (Wildman–Crippen LogP) is 1.77. The number of hydrogen-bond donors (Lipinski definition) is 1. The first-order valence-electron chi connectivity index (χ1n) is 5.24. The van der Waals surface area contributed by atoms with Gasteiger partial charge in [0.1, 0.15) is 17.6 Å². The van der Waals surface area contributed by atoms with E-state index in [0.717, 1.165) is 18.2 Å². The Hall–Kier alpha value is -2.17.